The van der Waals surface area contributed by atoms with Crippen LogP contribution in [0.3, 0.4) is 0 Å². The summed E-state index contributed by atoms with van der Waals surface area (Å²) in [7, 11) is 0. The Kier molecular flexibility index (Phi) is 3.47. The molecule has 0 unspecified atom stereocenters. The molecule has 1 aromatic carbocycles. The third kappa shape index (κ3) is 2.12. The van der Waals surface area contributed by atoms with Gasteiger partial charge in [0.05, 0.1) is 5.56 Å². The molecule has 2 fully saturated rings. The number of carbonyl (C=O) groups is 1. The fourth-order valence-electron chi connectivity index (χ4n) is 2.92. The molecule has 18 heavy (non-hydrogen) atoms. The van der Waals surface area contributed by atoms with Crippen LogP contribution in [0.4, 0.5) is 0 Å². The van der Waals surface area contributed by atoms with Crippen molar-refractivity contribution in [2.24, 2.45) is 5.92 Å². The molecule has 0 aromatic heterocycles. The van der Waals surface area contributed by atoms with Gasteiger partial charge in [-0.25, -0.2) is 0 Å². The van der Waals surface area contributed by atoms with Crippen LogP contribution in [0.25, 0.3) is 0 Å². The molecule has 2 atom stereocenters. The summed E-state index contributed by atoms with van der Waals surface area (Å²) < 4.78 is 1.81. The predicted octanol–water partition coefficient (Wildman–Crippen LogP) is 2.65. The van der Waals surface area contributed by atoms with Gasteiger partial charge in [0.15, 0.2) is 0 Å². The Morgan fingerprint density at radius 1 is 1.33 bits per heavy atom. The monoisotopic (exact) mass is 372 g/mol. The highest BCUT2D eigenvalue weighted by Gasteiger charge is 2.40. The van der Waals surface area contributed by atoms with E-state index in [1.54, 1.807) is 0 Å². The minimum atomic E-state index is 0.138. The zero-order valence-corrected chi connectivity index (χ0v) is 13.0. The summed E-state index contributed by atoms with van der Waals surface area (Å²) in [4.78, 5) is 14.6. The molecule has 0 bridgehead atoms. The Hall–Kier alpha value is -0.390. The maximum atomic E-state index is 12.6. The Labute approximate surface area is 123 Å². The highest BCUT2D eigenvalue weighted by Crippen LogP contribution is 2.30. The van der Waals surface area contributed by atoms with Crippen LogP contribution < -0.4 is 5.32 Å². The summed E-state index contributed by atoms with van der Waals surface area (Å²) in [5.74, 6) is 0.777. The fourth-order valence-corrected chi connectivity index (χ4v) is 3.69. The Morgan fingerprint density at radius 3 is 3.00 bits per heavy atom. The van der Waals surface area contributed by atoms with Gasteiger partial charge < -0.3 is 10.2 Å². The molecule has 0 saturated carbocycles. The first-order valence-corrected chi connectivity index (χ1v) is 7.72. The highest BCUT2D eigenvalue weighted by molar-refractivity contribution is 9.11. The van der Waals surface area contributed by atoms with Gasteiger partial charge in [0.25, 0.3) is 5.91 Å². The molecule has 2 heterocycles. The van der Waals surface area contributed by atoms with Crippen LogP contribution in [-0.2, 0) is 0 Å². The predicted molar refractivity (Wildman–Crippen MR) is 77.6 cm³/mol. The number of nitrogens with one attached hydrogen (secondary N) is 1. The number of halogens is 2. The minimum absolute atomic E-state index is 0.138. The standard InChI is InChI=1S/C13H14Br2N2O/c14-9-1-2-11(15)10(5-9)13(18)17-4-3-8-6-16-7-12(8)17/h1-2,5,8,12,16H,3-4,6-7H2/t8-,12+/m0/s1. The van der Waals surface area contributed by atoms with Crippen molar-refractivity contribution in [1.82, 2.24) is 10.2 Å². The molecular formula is C13H14Br2N2O. The molecule has 0 aliphatic carbocycles. The van der Waals surface area contributed by atoms with Crippen LogP contribution in [0, 0.1) is 5.92 Å². The lowest BCUT2D eigenvalue weighted by atomic mass is 10.0. The summed E-state index contributed by atoms with van der Waals surface area (Å²) in [6.45, 7) is 2.87. The highest BCUT2D eigenvalue weighted by atomic mass is 79.9. The van der Waals surface area contributed by atoms with Crippen LogP contribution in [0.15, 0.2) is 27.1 Å². The van der Waals surface area contributed by atoms with Crippen LogP contribution in [0.1, 0.15) is 16.8 Å². The average molecular weight is 374 g/mol. The number of hydrogen-bond acceptors (Lipinski definition) is 2. The van der Waals surface area contributed by atoms with Gasteiger partial charge in [0, 0.05) is 34.6 Å². The largest absolute Gasteiger partial charge is 0.334 e. The van der Waals surface area contributed by atoms with E-state index >= 15 is 0 Å². The van der Waals surface area contributed by atoms with Gasteiger partial charge in [-0.3, -0.25) is 4.79 Å². The number of nitrogens with zero attached hydrogens (tertiary/aromatic N) is 1. The Bertz CT molecular complexity index is 492. The Morgan fingerprint density at radius 2 is 2.17 bits per heavy atom. The SMILES string of the molecule is O=C(c1cc(Br)ccc1Br)N1CC[C@H]2CNC[C@H]21. The topological polar surface area (TPSA) is 32.3 Å². The average Bonchev–Trinajstić information content (AvgIpc) is 2.93. The van der Waals surface area contributed by atoms with Crippen molar-refractivity contribution in [2.75, 3.05) is 19.6 Å². The van der Waals surface area contributed by atoms with Gasteiger partial charge >= 0.3 is 0 Å². The second kappa shape index (κ2) is 4.94. The molecule has 1 N–H and O–H groups in total. The number of hydrogen-bond donors (Lipinski definition) is 1. The number of fused-ring (bicyclic) bond motifs is 1. The van der Waals surface area contributed by atoms with E-state index in [-0.39, 0.29) is 5.91 Å². The van der Waals surface area contributed by atoms with Gasteiger partial charge in [-0.2, -0.15) is 0 Å². The van der Waals surface area contributed by atoms with Gasteiger partial charge in [0.2, 0.25) is 0 Å². The normalized spacial score (nSPS) is 26.4. The van der Waals surface area contributed by atoms with Crippen molar-refractivity contribution in [2.45, 2.75) is 12.5 Å². The number of carbonyl (C=O) groups excluding carboxylic acids is 1. The van der Waals surface area contributed by atoms with E-state index in [0.29, 0.717) is 12.0 Å². The first-order chi connectivity index (χ1) is 8.66. The summed E-state index contributed by atoms with van der Waals surface area (Å²) in [5, 5.41) is 3.37. The van der Waals surface area contributed by atoms with E-state index in [1.807, 2.05) is 23.1 Å². The summed E-state index contributed by atoms with van der Waals surface area (Å²) in [5.41, 5.74) is 0.747. The van der Waals surface area contributed by atoms with E-state index in [1.165, 1.54) is 0 Å². The minimum Gasteiger partial charge on any atom is -0.334 e. The molecule has 2 aliphatic rings. The summed E-state index contributed by atoms with van der Waals surface area (Å²) >= 11 is 6.89. The molecule has 2 saturated heterocycles. The molecule has 5 heteroatoms. The third-order valence-electron chi connectivity index (χ3n) is 3.86. The molecule has 2 aliphatic heterocycles. The molecule has 0 radical (unpaired) electrons. The molecule has 1 aromatic rings. The maximum absolute atomic E-state index is 12.6. The summed E-state index contributed by atoms with van der Waals surface area (Å²) in [6.07, 6.45) is 1.12. The van der Waals surface area contributed by atoms with E-state index in [9.17, 15) is 4.79 Å². The number of likely N-dealkylation sites (tertiary alicyclic amines) is 1. The van der Waals surface area contributed by atoms with Gasteiger partial charge in [-0.05, 0) is 46.5 Å². The summed E-state index contributed by atoms with van der Waals surface area (Å²) in [6, 6.07) is 6.12. The number of benzene rings is 1. The van der Waals surface area contributed by atoms with Crippen molar-refractivity contribution < 1.29 is 4.79 Å². The molecule has 3 rings (SSSR count). The second-order valence-electron chi connectivity index (χ2n) is 4.90. The lowest BCUT2D eigenvalue weighted by molar-refractivity contribution is 0.0736. The number of rotatable bonds is 1. The maximum Gasteiger partial charge on any atom is 0.255 e. The van der Waals surface area contributed by atoms with Crippen molar-refractivity contribution >= 4 is 37.8 Å². The van der Waals surface area contributed by atoms with E-state index in [2.05, 4.69) is 37.2 Å². The van der Waals surface area contributed by atoms with Gasteiger partial charge in [-0.1, -0.05) is 15.9 Å². The first-order valence-electron chi connectivity index (χ1n) is 6.13. The lowest BCUT2D eigenvalue weighted by Gasteiger charge is -2.24. The van der Waals surface area contributed by atoms with Crippen LogP contribution >= 0.6 is 31.9 Å². The Balaban J connectivity index is 1.88. The zero-order valence-electron chi connectivity index (χ0n) is 9.83. The van der Waals surface area contributed by atoms with E-state index < -0.39 is 0 Å². The van der Waals surface area contributed by atoms with Gasteiger partial charge in [-0.15, -0.1) is 0 Å². The smallest absolute Gasteiger partial charge is 0.255 e. The first kappa shape index (κ1) is 12.6. The van der Waals surface area contributed by atoms with E-state index in [4.69, 9.17) is 0 Å². The molecule has 1 amide bonds. The van der Waals surface area contributed by atoms with Crippen molar-refractivity contribution in [1.29, 1.82) is 0 Å². The van der Waals surface area contributed by atoms with Crippen molar-refractivity contribution in [3.8, 4) is 0 Å². The molecule has 96 valence electrons. The molecule has 3 nitrogen and oxygen atoms in total. The fraction of sp³-hybridized carbons (Fsp3) is 0.462. The van der Waals surface area contributed by atoms with Gasteiger partial charge in [0.1, 0.15) is 0 Å². The second-order valence-corrected chi connectivity index (χ2v) is 6.67. The van der Waals surface area contributed by atoms with Crippen LogP contribution in [-0.4, -0.2) is 36.5 Å². The lowest BCUT2D eigenvalue weighted by Crippen LogP contribution is -2.39. The molecular weight excluding hydrogens is 360 g/mol. The molecule has 0 spiro atoms. The quantitative estimate of drug-likeness (QED) is 0.820. The van der Waals surface area contributed by atoms with E-state index in [0.717, 1.165) is 40.6 Å². The van der Waals surface area contributed by atoms with Crippen LogP contribution in [0.2, 0.25) is 0 Å². The van der Waals surface area contributed by atoms with Crippen molar-refractivity contribution in [3.05, 3.63) is 32.7 Å². The van der Waals surface area contributed by atoms with Crippen LogP contribution in [0.5, 0.6) is 0 Å². The zero-order chi connectivity index (χ0) is 12.7. The number of amides is 1. The van der Waals surface area contributed by atoms with Crippen molar-refractivity contribution in [3.63, 3.8) is 0 Å². The third-order valence-corrected chi connectivity index (χ3v) is 5.05.